The second-order valence-corrected chi connectivity index (χ2v) is 6.33. The first-order valence-electron chi connectivity index (χ1n) is 8.64. The number of hydrogen-bond acceptors (Lipinski definition) is 2. The molecule has 1 aromatic carbocycles. The highest BCUT2D eigenvalue weighted by Gasteiger charge is 2.28. The third-order valence-electron chi connectivity index (χ3n) is 4.75. The van der Waals surface area contributed by atoms with Crippen molar-refractivity contribution in [3.8, 4) is 0 Å². The fourth-order valence-corrected chi connectivity index (χ4v) is 3.25. The topological polar surface area (TPSA) is 35.6 Å². The lowest BCUT2D eigenvalue weighted by Crippen LogP contribution is -2.52. The van der Waals surface area contributed by atoms with E-state index < -0.39 is 0 Å². The number of aryl methyl sites for hydroxylation is 2. The number of benzene rings is 1. The smallest absolute Gasteiger partial charge is 0.317 e. The van der Waals surface area contributed by atoms with E-state index in [2.05, 4.69) is 42.3 Å². The third kappa shape index (κ3) is 3.21. The third-order valence-corrected chi connectivity index (χ3v) is 4.75. The summed E-state index contributed by atoms with van der Waals surface area (Å²) in [5.41, 5.74) is 4.26. The maximum absolute atomic E-state index is 12.1. The van der Waals surface area contributed by atoms with Crippen molar-refractivity contribution in [2.24, 2.45) is 0 Å². The predicted molar refractivity (Wildman–Crippen MR) is 90.5 cm³/mol. The molecule has 1 saturated heterocycles. The van der Waals surface area contributed by atoms with Gasteiger partial charge in [0.25, 0.3) is 0 Å². The van der Waals surface area contributed by atoms with Gasteiger partial charge in [-0.3, -0.25) is 0 Å². The molecular weight excluding hydrogens is 274 g/mol. The summed E-state index contributed by atoms with van der Waals surface area (Å²) in [6.07, 6.45) is 4.42. The van der Waals surface area contributed by atoms with Crippen LogP contribution in [0.3, 0.4) is 0 Å². The predicted octanol–water partition coefficient (Wildman–Crippen LogP) is 2.81. The molecule has 1 aliphatic carbocycles. The summed E-state index contributed by atoms with van der Waals surface area (Å²) in [7, 11) is 0. The number of carbonyl (C=O) groups is 1. The van der Waals surface area contributed by atoms with Crippen LogP contribution in [0.5, 0.6) is 0 Å². The molecule has 1 aliphatic heterocycles. The first-order valence-corrected chi connectivity index (χ1v) is 8.64. The molecule has 22 heavy (non-hydrogen) atoms. The number of carbonyl (C=O) groups excluding carboxylic acids is 1. The van der Waals surface area contributed by atoms with Crippen molar-refractivity contribution in [1.82, 2.24) is 10.2 Å². The molecule has 1 heterocycles. The summed E-state index contributed by atoms with van der Waals surface area (Å²) in [5, 5.41) is 3.09. The second kappa shape index (κ2) is 6.59. The molecule has 1 N–H and O–H groups in total. The highest BCUT2D eigenvalue weighted by atomic mass is 16.2. The van der Waals surface area contributed by atoms with Crippen LogP contribution < -0.4 is 10.2 Å². The van der Waals surface area contributed by atoms with Gasteiger partial charge in [0, 0.05) is 37.9 Å². The molecule has 0 bridgehead atoms. The van der Waals surface area contributed by atoms with Crippen LogP contribution >= 0.6 is 0 Å². The van der Waals surface area contributed by atoms with Crippen molar-refractivity contribution in [3.63, 3.8) is 0 Å². The molecule has 4 nitrogen and oxygen atoms in total. The zero-order valence-electron chi connectivity index (χ0n) is 13.8. The van der Waals surface area contributed by atoms with E-state index in [4.69, 9.17) is 0 Å². The average molecular weight is 301 g/mol. The van der Waals surface area contributed by atoms with E-state index in [1.54, 1.807) is 0 Å². The standard InChI is InChI=1S/C18H27N3O/c1-3-14-6-5-7-15(4-2)17(14)20-10-12-21(13-11-20)18(22)19-16-8-9-16/h5-7,16H,3-4,8-13H2,1-2H3,(H,19,22). The molecule has 4 heteroatoms. The van der Waals surface area contributed by atoms with E-state index in [-0.39, 0.29) is 6.03 Å². The highest BCUT2D eigenvalue weighted by Crippen LogP contribution is 2.28. The number of urea groups is 1. The summed E-state index contributed by atoms with van der Waals surface area (Å²) in [4.78, 5) is 16.6. The Hall–Kier alpha value is -1.71. The number of amides is 2. The van der Waals surface area contributed by atoms with Gasteiger partial charge in [0.05, 0.1) is 0 Å². The van der Waals surface area contributed by atoms with Gasteiger partial charge < -0.3 is 15.1 Å². The van der Waals surface area contributed by atoms with Gasteiger partial charge in [0.1, 0.15) is 0 Å². The molecule has 0 aromatic heterocycles. The molecule has 1 aromatic rings. The van der Waals surface area contributed by atoms with Gasteiger partial charge >= 0.3 is 6.03 Å². The molecule has 2 amide bonds. The monoisotopic (exact) mass is 301 g/mol. The average Bonchev–Trinajstić information content (AvgIpc) is 3.38. The molecular formula is C18H27N3O. The van der Waals surface area contributed by atoms with E-state index in [0.29, 0.717) is 6.04 Å². The molecule has 3 rings (SSSR count). The van der Waals surface area contributed by atoms with Crippen molar-refractivity contribution < 1.29 is 4.79 Å². The molecule has 2 aliphatic rings. The van der Waals surface area contributed by atoms with Crippen LogP contribution in [0.2, 0.25) is 0 Å². The maximum Gasteiger partial charge on any atom is 0.317 e. The minimum Gasteiger partial charge on any atom is -0.368 e. The van der Waals surface area contributed by atoms with Crippen molar-refractivity contribution in [2.45, 2.75) is 45.6 Å². The van der Waals surface area contributed by atoms with E-state index >= 15 is 0 Å². The zero-order chi connectivity index (χ0) is 15.5. The van der Waals surface area contributed by atoms with Crippen molar-refractivity contribution in [2.75, 3.05) is 31.1 Å². The number of anilines is 1. The Bertz CT molecular complexity index is 509. The van der Waals surface area contributed by atoms with Crippen LogP contribution in [0.15, 0.2) is 18.2 Å². The van der Waals surface area contributed by atoms with Crippen molar-refractivity contribution in [1.29, 1.82) is 0 Å². The van der Waals surface area contributed by atoms with Gasteiger partial charge in [0.15, 0.2) is 0 Å². The lowest BCUT2D eigenvalue weighted by atomic mass is 10.0. The van der Waals surface area contributed by atoms with Crippen LogP contribution in [0, 0.1) is 0 Å². The molecule has 120 valence electrons. The number of para-hydroxylation sites is 1. The highest BCUT2D eigenvalue weighted by molar-refractivity contribution is 5.75. The summed E-state index contributed by atoms with van der Waals surface area (Å²) < 4.78 is 0. The first kappa shape index (κ1) is 15.2. The SMILES string of the molecule is CCc1cccc(CC)c1N1CCN(C(=O)NC2CC2)CC1. The lowest BCUT2D eigenvalue weighted by molar-refractivity contribution is 0.194. The van der Waals surface area contributed by atoms with Crippen LogP contribution in [-0.2, 0) is 12.8 Å². The number of nitrogens with one attached hydrogen (secondary N) is 1. The largest absolute Gasteiger partial charge is 0.368 e. The van der Waals surface area contributed by atoms with Crippen LogP contribution in [0.25, 0.3) is 0 Å². The van der Waals surface area contributed by atoms with E-state index in [9.17, 15) is 4.79 Å². The maximum atomic E-state index is 12.1. The van der Waals surface area contributed by atoms with Crippen LogP contribution in [0.1, 0.15) is 37.8 Å². The Balaban J connectivity index is 1.67. The quantitative estimate of drug-likeness (QED) is 0.928. The minimum atomic E-state index is 0.127. The molecule has 0 atom stereocenters. The van der Waals surface area contributed by atoms with Crippen LogP contribution in [0.4, 0.5) is 10.5 Å². The number of hydrogen-bond donors (Lipinski definition) is 1. The Morgan fingerprint density at radius 2 is 1.68 bits per heavy atom. The zero-order valence-corrected chi connectivity index (χ0v) is 13.8. The fourth-order valence-electron chi connectivity index (χ4n) is 3.25. The molecule has 0 radical (unpaired) electrons. The summed E-state index contributed by atoms with van der Waals surface area (Å²) >= 11 is 0. The summed E-state index contributed by atoms with van der Waals surface area (Å²) in [6, 6.07) is 7.21. The Labute approximate surface area is 133 Å². The van der Waals surface area contributed by atoms with Crippen molar-refractivity contribution >= 4 is 11.7 Å². The van der Waals surface area contributed by atoms with Crippen molar-refractivity contribution in [3.05, 3.63) is 29.3 Å². The van der Waals surface area contributed by atoms with Gasteiger partial charge in [-0.2, -0.15) is 0 Å². The summed E-state index contributed by atoms with van der Waals surface area (Å²) in [6.45, 7) is 7.94. The van der Waals surface area contributed by atoms with Gasteiger partial charge in [-0.05, 0) is 36.8 Å². The normalized spacial score (nSPS) is 18.5. The molecule has 1 saturated carbocycles. The Morgan fingerprint density at radius 1 is 1.09 bits per heavy atom. The van der Waals surface area contributed by atoms with Gasteiger partial charge in [0.2, 0.25) is 0 Å². The lowest BCUT2D eigenvalue weighted by Gasteiger charge is -2.38. The van der Waals surface area contributed by atoms with E-state index in [1.165, 1.54) is 16.8 Å². The van der Waals surface area contributed by atoms with E-state index in [1.807, 2.05) is 4.90 Å². The second-order valence-electron chi connectivity index (χ2n) is 6.33. The first-order chi connectivity index (χ1) is 10.7. The van der Waals surface area contributed by atoms with E-state index in [0.717, 1.165) is 51.9 Å². The molecule has 2 fully saturated rings. The number of piperazine rings is 1. The Morgan fingerprint density at radius 3 is 2.18 bits per heavy atom. The minimum absolute atomic E-state index is 0.127. The summed E-state index contributed by atoms with van der Waals surface area (Å²) in [5.74, 6) is 0. The fraction of sp³-hybridized carbons (Fsp3) is 0.611. The van der Waals surface area contributed by atoms with Gasteiger partial charge in [-0.25, -0.2) is 4.79 Å². The Kier molecular flexibility index (Phi) is 4.55. The number of nitrogens with zero attached hydrogens (tertiary/aromatic N) is 2. The van der Waals surface area contributed by atoms with Gasteiger partial charge in [-0.15, -0.1) is 0 Å². The van der Waals surface area contributed by atoms with Gasteiger partial charge in [-0.1, -0.05) is 32.0 Å². The van der Waals surface area contributed by atoms with Crippen LogP contribution in [-0.4, -0.2) is 43.2 Å². The molecule has 0 spiro atoms. The number of rotatable bonds is 4. The molecule has 0 unspecified atom stereocenters.